The Bertz CT molecular complexity index is 3190. The number of aromatic nitrogens is 3. The van der Waals surface area contributed by atoms with Crippen LogP contribution in [0.1, 0.15) is 84.6 Å². The quantitative estimate of drug-likeness (QED) is 0.174. The van der Waals surface area contributed by atoms with Gasteiger partial charge in [0.2, 0.25) is 0 Å². The highest BCUT2D eigenvalue weighted by Gasteiger charge is 2.28. The molecular weight excluding hydrogens is 791 g/mol. The largest absolute Gasteiger partial charge is 0.507 e. The van der Waals surface area contributed by atoms with Crippen molar-refractivity contribution in [1.29, 1.82) is 0 Å². The van der Waals surface area contributed by atoms with Gasteiger partial charge in [0, 0.05) is 28.5 Å². The highest BCUT2D eigenvalue weighted by atomic mass is 16.3. The summed E-state index contributed by atoms with van der Waals surface area (Å²) in [4.78, 5) is 10.6. The molecule has 0 saturated carbocycles. The van der Waals surface area contributed by atoms with Crippen molar-refractivity contribution in [2.75, 3.05) is 0 Å². The Kier molecular flexibility index (Phi) is 11.0. The molecule has 324 valence electrons. The second kappa shape index (κ2) is 16.5. The zero-order valence-electron chi connectivity index (χ0n) is 39.5. The summed E-state index contributed by atoms with van der Waals surface area (Å²) in [7, 11) is 0. The minimum Gasteiger partial charge on any atom is -0.507 e. The molecule has 9 rings (SSSR count). The van der Waals surface area contributed by atoms with E-state index in [1.54, 1.807) is 0 Å². The van der Waals surface area contributed by atoms with Crippen LogP contribution in [-0.4, -0.2) is 19.6 Å². The lowest BCUT2D eigenvalue weighted by molar-refractivity contribution is 0.448. The summed E-state index contributed by atoms with van der Waals surface area (Å²) in [5.41, 5.74) is 18.3. The molecule has 0 saturated heterocycles. The van der Waals surface area contributed by atoms with Gasteiger partial charge in [0.15, 0.2) is 0 Å². The van der Waals surface area contributed by atoms with Crippen molar-refractivity contribution in [3.05, 3.63) is 192 Å². The van der Waals surface area contributed by atoms with Crippen molar-refractivity contribution >= 4 is 11.0 Å². The maximum atomic E-state index is 12.3. The summed E-state index contributed by atoms with van der Waals surface area (Å²) in [6, 6.07) is 58.6. The van der Waals surface area contributed by atoms with Crippen molar-refractivity contribution in [2.45, 2.75) is 85.5 Å². The molecule has 0 fully saturated rings. The van der Waals surface area contributed by atoms with Crippen LogP contribution in [0.15, 0.2) is 170 Å². The van der Waals surface area contributed by atoms with Crippen LogP contribution >= 0.6 is 0 Å². The molecule has 0 aliphatic carbocycles. The third-order valence-corrected chi connectivity index (χ3v) is 12.7. The van der Waals surface area contributed by atoms with Gasteiger partial charge in [0.05, 0.1) is 28.0 Å². The molecule has 0 aliphatic heterocycles. The molecule has 4 nitrogen and oxygen atoms in total. The molecule has 65 heavy (non-hydrogen) atoms. The van der Waals surface area contributed by atoms with Crippen LogP contribution in [0.25, 0.3) is 83.9 Å². The summed E-state index contributed by atoms with van der Waals surface area (Å²) in [5.74, 6) is 0.950. The van der Waals surface area contributed by atoms with E-state index < -0.39 is 0 Å². The predicted molar refractivity (Wildman–Crippen MR) is 274 cm³/mol. The molecule has 0 radical (unpaired) electrons. The number of para-hydroxylation sites is 1. The second-order valence-electron chi connectivity index (χ2n) is 20.7. The van der Waals surface area contributed by atoms with Crippen LogP contribution in [0.5, 0.6) is 5.75 Å². The van der Waals surface area contributed by atoms with Crippen molar-refractivity contribution in [3.8, 4) is 78.6 Å². The SMILES string of the molecule is Cc1cc(-c2nc3c(-c4cc(-c5cc(-c6ccc(-c7ccccc7)cc6)ccn5)cc(C(C)(C)C)c4)cccc3n2-c2ccc(C(C)(C)C)cc2-c2ccccc2)c(O)c(C(C)(C)C)c1. The normalized spacial score (nSPS) is 12.2. The minimum atomic E-state index is -0.294. The lowest BCUT2D eigenvalue weighted by Gasteiger charge is -2.24. The van der Waals surface area contributed by atoms with Gasteiger partial charge in [0.1, 0.15) is 11.6 Å². The highest BCUT2D eigenvalue weighted by molar-refractivity contribution is 5.98. The van der Waals surface area contributed by atoms with Crippen LogP contribution in [0.4, 0.5) is 0 Å². The van der Waals surface area contributed by atoms with Gasteiger partial charge in [0.25, 0.3) is 0 Å². The van der Waals surface area contributed by atoms with E-state index in [1.807, 2.05) is 6.20 Å². The number of phenolic OH excluding ortho intramolecular Hbond substituents is 1. The number of aryl methyl sites for hydroxylation is 1. The number of hydrogen-bond acceptors (Lipinski definition) is 3. The molecule has 0 amide bonds. The molecule has 0 unspecified atom stereocenters. The van der Waals surface area contributed by atoms with Gasteiger partial charge in [-0.1, -0.05) is 178 Å². The number of pyridine rings is 1. The first-order valence-corrected chi connectivity index (χ1v) is 22.8. The zero-order valence-corrected chi connectivity index (χ0v) is 39.5. The first kappa shape index (κ1) is 43.2. The van der Waals surface area contributed by atoms with Gasteiger partial charge in [-0.15, -0.1) is 0 Å². The third kappa shape index (κ3) is 8.54. The lowest BCUT2D eigenvalue weighted by Crippen LogP contribution is -2.13. The number of hydrogen-bond donors (Lipinski definition) is 1. The second-order valence-corrected chi connectivity index (χ2v) is 20.7. The molecule has 0 aliphatic rings. The zero-order chi connectivity index (χ0) is 45.8. The Morgan fingerprint density at radius 1 is 0.446 bits per heavy atom. The van der Waals surface area contributed by atoms with Gasteiger partial charge < -0.3 is 5.11 Å². The molecule has 2 heterocycles. The Balaban J connectivity index is 1.27. The molecule has 9 aromatic rings. The molecule has 0 bridgehead atoms. The summed E-state index contributed by atoms with van der Waals surface area (Å²) >= 11 is 0. The first-order chi connectivity index (χ1) is 30.9. The molecular formula is C61H59N3O. The Morgan fingerprint density at radius 2 is 1.06 bits per heavy atom. The predicted octanol–water partition coefficient (Wildman–Crippen LogP) is 16.3. The van der Waals surface area contributed by atoms with Crippen LogP contribution in [0.2, 0.25) is 0 Å². The van der Waals surface area contributed by atoms with Gasteiger partial charge in [-0.05, 0) is 122 Å². The number of aromatic hydroxyl groups is 1. The van der Waals surface area contributed by atoms with E-state index in [9.17, 15) is 5.11 Å². The summed E-state index contributed by atoms with van der Waals surface area (Å²) in [6.45, 7) is 22.1. The number of benzene rings is 7. The summed E-state index contributed by atoms with van der Waals surface area (Å²) < 4.78 is 2.27. The average molecular weight is 850 g/mol. The maximum Gasteiger partial charge on any atom is 0.149 e. The summed E-state index contributed by atoms with van der Waals surface area (Å²) in [5, 5.41) is 12.3. The molecule has 7 aromatic carbocycles. The van der Waals surface area contributed by atoms with Crippen LogP contribution in [-0.2, 0) is 16.2 Å². The van der Waals surface area contributed by atoms with Crippen LogP contribution in [0.3, 0.4) is 0 Å². The Morgan fingerprint density at radius 3 is 1.71 bits per heavy atom. The van der Waals surface area contributed by atoms with Crippen molar-refractivity contribution in [3.63, 3.8) is 0 Å². The topological polar surface area (TPSA) is 50.9 Å². The van der Waals surface area contributed by atoms with E-state index in [4.69, 9.17) is 9.97 Å². The van der Waals surface area contributed by atoms with E-state index in [-0.39, 0.29) is 22.0 Å². The fourth-order valence-electron chi connectivity index (χ4n) is 8.94. The van der Waals surface area contributed by atoms with Gasteiger partial charge >= 0.3 is 0 Å². The van der Waals surface area contributed by atoms with E-state index in [1.165, 1.54) is 22.3 Å². The standard InChI is InChI=1S/C61H59N3O/c1-39-32-51(57(65)52(33-39)61(8,9)10)58-63-56-49(22-17-23-55(56)64(58)54-29-28-47(59(2,3)4)38-50(54)43-20-15-12-16-21-43)45-34-46(36-48(35-45)60(5,6)7)53-37-44(30-31-62-53)42-26-24-41(25-27-42)40-18-13-11-14-19-40/h11-38,65H,1-10H3. The Labute approximate surface area is 385 Å². The fourth-order valence-corrected chi connectivity index (χ4v) is 8.94. The molecule has 4 heteroatoms. The van der Waals surface area contributed by atoms with Gasteiger partial charge in [-0.25, -0.2) is 4.98 Å². The van der Waals surface area contributed by atoms with E-state index in [0.717, 1.165) is 72.5 Å². The van der Waals surface area contributed by atoms with E-state index in [2.05, 4.69) is 238 Å². The molecule has 0 atom stereocenters. The van der Waals surface area contributed by atoms with Crippen molar-refractivity contribution in [2.24, 2.45) is 0 Å². The highest BCUT2D eigenvalue weighted by Crippen LogP contribution is 2.45. The van der Waals surface area contributed by atoms with Crippen LogP contribution < -0.4 is 0 Å². The number of imidazole rings is 1. The van der Waals surface area contributed by atoms with Crippen molar-refractivity contribution < 1.29 is 5.11 Å². The van der Waals surface area contributed by atoms with Gasteiger partial charge in [-0.2, -0.15) is 0 Å². The number of rotatable bonds is 7. The Hall–Kier alpha value is -7.04. The lowest BCUT2D eigenvalue weighted by atomic mass is 9.83. The smallest absolute Gasteiger partial charge is 0.149 e. The molecule has 1 N–H and O–H groups in total. The third-order valence-electron chi connectivity index (χ3n) is 12.7. The minimum absolute atomic E-state index is 0.0668. The van der Waals surface area contributed by atoms with Crippen molar-refractivity contribution in [1.82, 2.24) is 14.5 Å². The first-order valence-electron chi connectivity index (χ1n) is 22.8. The number of nitrogens with zero attached hydrogens (tertiary/aromatic N) is 3. The van der Waals surface area contributed by atoms with E-state index in [0.29, 0.717) is 11.4 Å². The number of fused-ring (bicyclic) bond motifs is 1. The average Bonchev–Trinajstić information content (AvgIpc) is 3.68. The summed E-state index contributed by atoms with van der Waals surface area (Å²) in [6.07, 6.45) is 1.92. The van der Waals surface area contributed by atoms with E-state index >= 15 is 0 Å². The molecule has 0 spiro atoms. The molecule has 2 aromatic heterocycles. The van der Waals surface area contributed by atoms with Gasteiger partial charge in [-0.3, -0.25) is 9.55 Å². The number of phenols is 1. The fraction of sp³-hybridized carbons (Fsp3) is 0.213. The monoisotopic (exact) mass is 849 g/mol. The van der Waals surface area contributed by atoms with Crippen LogP contribution in [0, 0.1) is 6.92 Å². The maximum absolute atomic E-state index is 12.3.